The first-order chi connectivity index (χ1) is 13.5. The molecule has 28 heavy (non-hydrogen) atoms. The van der Waals surface area contributed by atoms with Gasteiger partial charge in [0.15, 0.2) is 0 Å². The van der Waals surface area contributed by atoms with E-state index in [9.17, 15) is 19.2 Å². The van der Waals surface area contributed by atoms with Crippen LogP contribution in [0.2, 0.25) is 0 Å². The van der Waals surface area contributed by atoms with Crippen molar-refractivity contribution in [2.75, 3.05) is 26.2 Å². The van der Waals surface area contributed by atoms with Gasteiger partial charge in [0, 0.05) is 25.6 Å². The number of likely N-dealkylation sites (tertiary alicyclic amines) is 1. The Labute approximate surface area is 161 Å². The minimum Gasteiger partial charge on any atom is -0.491 e. The van der Waals surface area contributed by atoms with Crippen molar-refractivity contribution in [3.05, 3.63) is 29.3 Å². The molecule has 2 unspecified atom stereocenters. The summed E-state index contributed by atoms with van der Waals surface area (Å²) in [5.41, 5.74) is 6.29. The Bertz CT molecular complexity index is 855. The Morgan fingerprint density at radius 2 is 1.96 bits per heavy atom. The highest BCUT2D eigenvalue weighted by Gasteiger charge is 2.46. The number of nitrogens with zero attached hydrogens (tertiary/aromatic N) is 2. The smallest absolute Gasteiger partial charge is 0.266 e. The molecule has 0 radical (unpaired) electrons. The van der Waals surface area contributed by atoms with Gasteiger partial charge in [0.1, 0.15) is 18.4 Å². The molecule has 1 aromatic rings. The molecule has 3 aliphatic heterocycles. The van der Waals surface area contributed by atoms with E-state index in [1.807, 2.05) is 0 Å². The minimum atomic E-state index is -0.982. The largest absolute Gasteiger partial charge is 0.491 e. The number of fused-ring (bicyclic) bond motifs is 1. The molecule has 9 nitrogen and oxygen atoms in total. The third-order valence-corrected chi connectivity index (χ3v) is 5.40. The van der Waals surface area contributed by atoms with Crippen molar-refractivity contribution in [2.45, 2.75) is 31.3 Å². The molecule has 9 heteroatoms. The lowest BCUT2D eigenvalue weighted by molar-refractivity contribution is -0.136. The van der Waals surface area contributed by atoms with Crippen molar-refractivity contribution in [1.82, 2.24) is 15.1 Å². The Hall–Kier alpha value is -2.78. The Morgan fingerprint density at radius 1 is 1.14 bits per heavy atom. The maximum atomic E-state index is 12.9. The molecule has 3 heterocycles. The van der Waals surface area contributed by atoms with Crippen LogP contribution < -0.4 is 15.8 Å². The average molecular weight is 386 g/mol. The van der Waals surface area contributed by atoms with E-state index in [2.05, 4.69) is 10.2 Å². The standard InChI is InChI=1S/C19H22N4O5/c20-11-6-7-22(10-11)8-9-28-14-3-1-2-12-16(14)19(27)23(18(12)26)13-4-5-15(24)21-17(13)25/h1-3,11,13H,4-10,20H2,(H,21,24,25). The van der Waals surface area contributed by atoms with E-state index in [0.717, 1.165) is 24.4 Å². The zero-order valence-electron chi connectivity index (χ0n) is 15.3. The van der Waals surface area contributed by atoms with Gasteiger partial charge in [0.05, 0.1) is 11.1 Å². The normalized spacial score (nSPS) is 25.2. The van der Waals surface area contributed by atoms with E-state index in [4.69, 9.17) is 10.5 Å². The van der Waals surface area contributed by atoms with Crippen LogP contribution in [0.1, 0.15) is 40.0 Å². The zero-order valence-corrected chi connectivity index (χ0v) is 15.3. The summed E-state index contributed by atoms with van der Waals surface area (Å²) in [6.07, 6.45) is 1.17. The summed E-state index contributed by atoms with van der Waals surface area (Å²) < 4.78 is 5.81. The van der Waals surface area contributed by atoms with Gasteiger partial charge in [-0.15, -0.1) is 0 Å². The summed E-state index contributed by atoms with van der Waals surface area (Å²) in [5, 5.41) is 2.19. The average Bonchev–Trinajstić information content (AvgIpc) is 3.18. The first-order valence-electron chi connectivity index (χ1n) is 9.41. The van der Waals surface area contributed by atoms with Crippen molar-refractivity contribution in [2.24, 2.45) is 5.73 Å². The van der Waals surface area contributed by atoms with Crippen LogP contribution in [0.3, 0.4) is 0 Å². The molecule has 2 fully saturated rings. The van der Waals surface area contributed by atoms with Gasteiger partial charge in [0.25, 0.3) is 11.8 Å². The third kappa shape index (κ3) is 3.27. The third-order valence-electron chi connectivity index (χ3n) is 5.40. The number of carbonyl (C=O) groups excluding carboxylic acids is 4. The molecule has 0 spiro atoms. The fraction of sp³-hybridized carbons (Fsp3) is 0.474. The van der Waals surface area contributed by atoms with Gasteiger partial charge in [-0.2, -0.15) is 0 Å². The predicted octanol–water partition coefficient (Wildman–Crippen LogP) is -0.500. The molecule has 4 rings (SSSR count). The van der Waals surface area contributed by atoms with Crippen LogP contribution in [0.15, 0.2) is 18.2 Å². The van der Waals surface area contributed by atoms with Crippen LogP contribution in [0.25, 0.3) is 0 Å². The number of amides is 4. The highest BCUT2D eigenvalue weighted by atomic mass is 16.5. The van der Waals surface area contributed by atoms with Gasteiger partial charge in [-0.25, -0.2) is 0 Å². The van der Waals surface area contributed by atoms with Crippen LogP contribution in [0.5, 0.6) is 5.75 Å². The van der Waals surface area contributed by atoms with E-state index in [1.165, 1.54) is 0 Å². The number of nitrogens with two attached hydrogens (primary N) is 1. The second kappa shape index (κ2) is 7.33. The van der Waals surface area contributed by atoms with Crippen molar-refractivity contribution in [1.29, 1.82) is 0 Å². The van der Waals surface area contributed by atoms with Gasteiger partial charge in [-0.05, 0) is 31.5 Å². The number of hydrogen-bond donors (Lipinski definition) is 2. The summed E-state index contributed by atoms with van der Waals surface area (Å²) in [5.74, 6) is -1.80. The molecule has 4 amide bonds. The summed E-state index contributed by atoms with van der Waals surface area (Å²) in [4.78, 5) is 52.4. The van der Waals surface area contributed by atoms with Crippen LogP contribution in [0, 0.1) is 0 Å². The van der Waals surface area contributed by atoms with E-state index in [0.29, 0.717) is 18.9 Å². The van der Waals surface area contributed by atoms with Crippen molar-refractivity contribution >= 4 is 23.6 Å². The van der Waals surface area contributed by atoms with Crippen LogP contribution in [0.4, 0.5) is 0 Å². The number of rotatable bonds is 5. The lowest BCUT2D eigenvalue weighted by atomic mass is 10.0. The molecule has 2 saturated heterocycles. The fourth-order valence-corrected chi connectivity index (χ4v) is 3.95. The first kappa shape index (κ1) is 18.6. The maximum Gasteiger partial charge on any atom is 0.266 e. The van der Waals surface area contributed by atoms with Crippen molar-refractivity contribution in [3.63, 3.8) is 0 Å². The molecular formula is C19H22N4O5. The maximum absolute atomic E-state index is 12.9. The number of piperidine rings is 1. The lowest BCUT2D eigenvalue weighted by Crippen LogP contribution is -2.54. The molecule has 0 bridgehead atoms. The Morgan fingerprint density at radius 3 is 2.68 bits per heavy atom. The number of carbonyl (C=O) groups is 4. The molecule has 1 aromatic carbocycles. The SMILES string of the molecule is NC1CCN(CCOc2cccc3c2C(=O)N(C2CCC(=O)NC2=O)C3=O)C1. The zero-order chi connectivity index (χ0) is 19.8. The minimum absolute atomic E-state index is 0.0884. The Balaban J connectivity index is 1.49. The summed E-state index contributed by atoms with van der Waals surface area (Å²) in [6.45, 7) is 2.77. The lowest BCUT2D eigenvalue weighted by Gasteiger charge is -2.27. The molecule has 3 aliphatic rings. The van der Waals surface area contributed by atoms with Crippen molar-refractivity contribution in [3.8, 4) is 5.75 Å². The second-order valence-electron chi connectivity index (χ2n) is 7.32. The quantitative estimate of drug-likeness (QED) is 0.654. The van der Waals surface area contributed by atoms with Gasteiger partial charge >= 0.3 is 0 Å². The molecule has 3 N–H and O–H groups in total. The summed E-state index contributed by atoms with van der Waals surface area (Å²) in [7, 11) is 0. The van der Waals surface area contributed by atoms with Crippen LogP contribution in [-0.2, 0) is 9.59 Å². The fourth-order valence-electron chi connectivity index (χ4n) is 3.95. The molecule has 0 aliphatic carbocycles. The van der Waals surface area contributed by atoms with E-state index >= 15 is 0 Å². The Kier molecular flexibility index (Phi) is 4.86. The van der Waals surface area contributed by atoms with Crippen molar-refractivity contribution < 1.29 is 23.9 Å². The molecule has 148 valence electrons. The van der Waals surface area contributed by atoms with Crippen LogP contribution >= 0.6 is 0 Å². The molecular weight excluding hydrogens is 364 g/mol. The van der Waals surface area contributed by atoms with Gasteiger partial charge in [0.2, 0.25) is 11.8 Å². The number of hydrogen-bond acceptors (Lipinski definition) is 7. The summed E-state index contributed by atoms with van der Waals surface area (Å²) >= 11 is 0. The van der Waals surface area contributed by atoms with Gasteiger partial charge in [-0.1, -0.05) is 6.07 Å². The first-order valence-corrected chi connectivity index (χ1v) is 9.41. The number of benzene rings is 1. The second-order valence-corrected chi connectivity index (χ2v) is 7.32. The van der Waals surface area contributed by atoms with Gasteiger partial charge < -0.3 is 10.5 Å². The highest BCUT2D eigenvalue weighted by Crippen LogP contribution is 2.33. The van der Waals surface area contributed by atoms with Gasteiger partial charge in [-0.3, -0.25) is 34.3 Å². The molecule has 2 atom stereocenters. The van der Waals surface area contributed by atoms with E-state index in [-0.39, 0.29) is 30.0 Å². The van der Waals surface area contributed by atoms with E-state index < -0.39 is 29.7 Å². The number of imide groups is 2. The highest BCUT2D eigenvalue weighted by molar-refractivity contribution is 6.24. The summed E-state index contributed by atoms with van der Waals surface area (Å²) in [6, 6.07) is 4.05. The van der Waals surface area contributed by atoms with Crippen LogP contribution in [-0.4, -0.2) is 71.8 Å². The number of ether oxygens (including phenoxy) is 1. The van der Waals surface area contributed by atoms with E-state index in [1.54, 1.807) is 18.2 Å². The topological polar surface area (TPSA) is 122 Å². The molecule has 0 saturated carbocycles. The predicted molar refractivity (Wildman–Crippen MR) is 97.6 cm³/mol. The molecule has 0 aromatic heterocycles. The monoisotopic (exact) mass is 386 g/mol. The number of nitrogens with one attached hydrogen (secondary N) is 1.